The highest BCUT2D eigenvalue weighted by Gasteiger charge is 2.19. The van der Waals surface area contributed by atoms with Gasteiger partial charge in [0.1, 0.15) is 11.6 Å². The van der Waals surface area contributed by atoms with Gasteiger partial charge in [-0.15, -0.1) is 0 Å². The lowest BCUT2D eigenvalue weighted by Crippen LogP contribution is -2.37. The molecule has 0 unspecified atom stereocenters. The van der Waals surface area contributed by atoms with E-state index in [1.807, 2.05) is 70.0 Å². The normalized spacial score (nSPS) is 14.1. The molecule has 0 saturated carbocycles. The second kappa shape index (κ2) is 8.03. The summed E-state index contributed by atoms with van der Waals surface area (Å²) in [6, 6.07) is 19.8. The van der Waals surface area contributed by atoms with E-state index < -0.39 is 0 Å². The number of hydrogen-bond acceptors (Lipinski definition) is 7. The third-order valence-electron chi connectivity index (χ3n) is 5.71. The average Bonchev–Trinajstić information content (AvgIpc) is 3.53. The molecule has 1 aliphatic heterocycles. The molecule has 0 spiro atoms. The molecule has 164 valence electrons. The Bertz CT molecular complexity index is 1400. The molecule has 4 aromatic heterocycles. The number of fused-ring (bicyclic) bond motifs is 1. The Balaban J connectivity index is 1.47. The molecule has 6 rings (SSSR count). The summed E-state index contributed by atoms with van der Waals surface area (Å²) in [4.78, 5) is 11.3. The molecule has 33 heavy (non-hydrogen) atoms. The van der Waals surface area contributed by atoms with Crippen molar-refractivity contribution >= 4 is 17.3 Å². The van der Waals surface area contributed by atoms with Crippen molar-refractivity contribution in [2.75, 3.05) is 36.9 Å². The van der Waals surface area contributed by atoms with Crippen LogP contribution in [0.3, 0.4) is 0 Å². The number of nitrogens with two attached hydrogens (primary N) is 1. The molecule has 1 aliphatic rings. The minimum absolute atomic E-state index is 0.477. The molecule has 0 bridgehead atoms. The third kappa shape index (κ3) is 3.68. The van der Waals surface area contributed by atoms with Crippen LogP contribution in [0.1, 0.15) is 0 Å². The number of benzene rings is 1. The quantitative estimate of drug-likeness (QED) is 0.460. The maximum absolute atomic E-state index is 5.75. The fourth-order valence-electron chi connectivity index (χ4n) is 3.99. The van der Waals surface area contributed by atoms with Crippen LogP contribution in [0, 0.1) is 0 Å². The Morgan fingerprint density at radius 3 is 2.48 bits per heavy atom. The van der Waals surface area contributed by atoms with Crippen molar-refractivity contribution < 1.29 is 4.74 Å². The zero-order chi connectivity index (χ0) is 22.2. The molecule has 5 aromatic rings. The summed E-state index contributed by atoms with van der Waals surface area (Å²) in [5, 5.41) is 9.61. The topological polar surface area (TPSA) is 99.4 Å². The SMILES string of the molecule is Nc1ccc(-c2cc3nc(-n4ccc(-c5ccccc5)n4)cc(N4CCOCC4)n3n2)cn1. The Hall–Kier alpha value is -4.24. The van der Waals surface area contributed by atoms with Gasteiger partial charge in [0.05, 0.1) is 24.6 Å². The molecule has 1 fully saturated rings. The highest BCUT2D eigenvalue weighted by molar-refractivity contribution is 5.67. The van der Waals surface area contributed by atoms with Crippen LogP contribution in [0.4, 0.5) is 11.6 Å². The van der Waals surface area contributed by atoms with Gasteiger partial charge in [-0.25, -0.2) is 14.6 Å². The Kier molecular flexibility index (Phi) is 4.73. The van der Waals surface area contributed by atoms with Crippen molar-refractivity contribution in [3.8, 4) is 28.3 Å². The minimum atomic E-state index is 0.477. The number of nitrogen functional groups attached to an aromatic ring is 1. The van der Waals surface area contributed by atoms with Gasteiger partial charge in [0, 0.05) is 48.7 Å². The molecule has 9 nitrogen and oxygen atoms in total. The van der Waals surface area contributed by atoms with Crippen LogP contribution in [-0.2, 0) is 4.74 Å². The first-order chi connectivity index (χ1) is 16.2. The van der Waals surface area contributed by atoms with Crippen LogP contribution in [-0.4, -0.2) is 55.7 Å². The predicted molar refractivity (Wildman–Crippen MR) is 126 cm³/mol. The highest BCUT2D eigenvalue weighted by Crippen LogP contribution is 2.26. The van der Waals surface area contributed by atoms with Gasteiger partial charge in [0.2, 0.25) is 0 Å². The minimum Gasteiger partial charge on any atom is -0.384 e. The molecular formula is C24H22N8O. The van der Waals surface area contributed by atoms with Crippen molar-refractivity contribution in [2.24, 2.45) is 0 Å². The van der Waals surface area contributed by atoms with Crippen LogP contribution in [0.2, 0.25) is 0 Å². The van der Waals surface area contributed by atoms with Crippen LogP contribution in [0.5, 0.6) is 0 Å². The van der Waals surface area contributed by atoms with Crippen LogP contribution >= 0.6 is 0 Å². The maximum Gasteiger partial charge on any atom is 0.160 e. The Labute approximate surface area is 190 Å². The van der Waals surface area contributed by atoms with Crippen LogP contribution < -0.4 is 10.6 Å². The summed E-state index contributed by atoms with van der Waals surface area (Å²) in [6.45, 7) is 2.92. The molecule has 0 amide bonds. The third-order valence-corrected chi connectivity index (χ3v) is 5.71. The first-order valence-electron chi connectivity index (χ1n) is 10.8. The average molecular weight is 438 g/mol. The number of pyridine rings is 1. The molecule has 1 aromatic carbocycles. The monoisotopic (exact) mass is 438 g/mol. The molecular weight excluding hydrogens is 416 g/mol. The van der Waals surface area contributed by atoms with Gasteiger partial charge in [-0.1, -0.05) is 30.3 Å². The fraction of sp³-hybridized carbons (Fsp3) is 0.167. The van der Waals surface area contributed by atoms with Gasteiger partial charge in [0.25, 0.3) is 0 Å². The van der Waals surface area contributed by atoms with Crippen molar-refractivity contribution in [1.82, 2.24) is 29.4 Å². The molecule has 0 radical (unpaired) electrons. The number of anilines is 2. The van der Waals surface area contributed by atoms with E-state index in [0.29, 0.717) is 19.0 Å². The molecule has 9 heteroatoms. The van der Waals surface area contributed by atoms with Gasteiger partial charge in [-0.05, 0) is 18.2 Å². The van der Waals surface area contributed by atoms with Gasteiger partial charge in [-0.2, -0.15) is 14.7 Å². The van der Waals surface area contributed by atoms with E-state index in [-0.39, 0.29) is 0 Å². The maximum atomic E-state index is 5.75. The van der Waals surface area contributed by atoms with Crippen molar-refractivity contribution in [3.63, 3.8) is 0 Å². The van der Waals surface area contributed by atoms with E-state index in [9.17, 15) is 0 Å². The summed E-state index contributed by atoms with van der Waals surface area (Å²) in [5.41, 5.74) is 10.1. The molecule has 0 atom stereocenters. The summed E-state index contributed by atoms with van der Waals surface area (Å²) < 4.78 is 9.25. The van der Waals surface area contributed by atoms with Gasteiger partial charge in [0.15, 0.2) is 11.5 Å². The van der Waals surface area contributed by atoms with Gasteiger partial charge in [-0.3, -0.25) is 0 Å². The predicted octanol–water partition coefficient (Wildman–Crippen LogP) is 3.06. The van der Waals surface area contributed by atoms with Crippen molar-refractivity contribution in [3.05, 3.63) is 73.1 Å². The highest BCUT2D eigenvalue weighted by atomic mass is 16.5. The van der Waals surface area contributed by atoms with Crippen molar-refractivity contribution in [1.29, 1.82) is 0 Å². The smallest absolute Gasteiger partial charge is 0.160 e. The second-order valence-electron chi connectivity index (χ2n) is 7.85. The number of rotatable bonds is 4. The molecule has 0 aliphatic carbocycles. The molecule has 2 N–H and O–H groups in total. The Morgan fingerprint density at radius 2 is 1.70 bits per heavy atom. The van der Waals surface area contributed by atoms with E-state index in [0.717, 1.165) is 52.9 Å². The zero-order valence-electron chi connectivity index (χ0n) is 17.9. The first-order valence-corrected chi connectivity index (χ1v) is 10.8. The summed E-state index contributed by atoms with van der Waals surface area (Å²) >= 11 is 0. The lowest BCUT2D eigenvalue weighted by molar-refractivity contribution is 0.122. The largest absolute Gasteiger partial charge is 0.384 e. The van der Waals surface area contributed by atoms with E-state index in [1.165, 1.54) is 0 Å². The van der Waals surface area contributed by atoms with E-state index in [2.05, 4.69) is 9.88 Å². The number of morpholine rings is 1. The number of ether oxygens (including phenoxy) is 1. The number of aromatic nitrogens is 6. The lowest BCUT2D eigenvalue weighted by atomic mass is 10.2. The molecule has 1 saturated heterocycles. The first kappa shape index (κ1) is 19.4. The van der Waals surface area contributed by atoms with Crippen molar-refractivity contribution in [2.45, 2.75) is 0 Å². The summed E-state index contributed by atoms with van der Waals surface area (Å²) in [7, 11) is 0. The van der Waals surface area contributed by atoms with E-state index in [1.54, 1.807) is 12.3 Å². The van der Waals surface area contributed by atoms with Gasteiger partial charge >= 0.3 is 0 Å². The van der Waals surface area contributed by atoms with Gasteiger partial charge < -0.3 is 15.4 Å². The summed E-state index contributed by atoms with van der Waals surface area (Å²) in [6.07, 6.45) is 3.66. The summed E-state index contributed by atoms with van der Waals surface area (Å²) in [5.74, 6) is 2.16. The standard InChI is InChI=1S/C24H22N8O/c25-21-7-6-18(16-26-21)20-14-23-27-22(15-24(32(23)29-20)30-10-12-33-13-11-30)31-9-8-19(28-31)17-4-2-1-3-5-17/h1-9,14-16H,10-13H2,(H2,25,26). The van der Waals surface area contributed by atoms with E-state index in [4.69, 9.17) is 25.7 Å². The second-order valence-corrected chi connectivity index (χ2v) is 7.85. The Morgan fingerprint density at radius 1 is 0.848 bits per heavy atom. The molecule has 5 heterocycles. The number of hydrogen-bond donors (Lipinski definition) is 1. The lowest BCUT2D eigenvalue weighted by Gasteiger charge is -2.29. The fourth-order valence-corrected chi connectivity index (χ4v) is 3.99. The van der Waals surface area contributed by atoms with Crippen LogP contribution in [0.15, 0.2) is 73.1 Å². The zero-order valence-corrected chi connectivity index (χ0v) is 17.9. The van der Waals surface area contributed by atoms with E-state index >= 15 is 0 Å². The number of nitrogens with zero attached hydrogens (tertiary/aromatic N) is 7. The van der Waals surface area contributed by atoms with Crippen LogP contribution in [0.25, 0.3) is 34.0 Å².